The number of aromatic nitrogens is 1. The number of hydrogen-bond acceptors (Lipinski definition) is 5. The number of rotatable bonds is 7. The van der Waals surface area contributed by atoms with Crippen LogP contribution in [-0.2, 0) is 14.3 Å². The van der Waals surface area contributed by atoms with Gasteiger partial charge in [0.1, 0.15) is 0 Å². The standard InChI is InChI=1S/C24H28N2O5/c1-13-21(16(4)27)14(2)25-22(13)23(29)17(5)31-24(30)19-11-20(28)26(12-19)15(3)18-9-7-6-8-10-18/h6-10,15,17,19,25H,11-12H2,1-5H3/t15-,17+,19-/m0/s1. The van der Waals surface area contributed by atoms with Gasteiger partial charge in [0.2, 0.25) is 11.7 Å². The molecular weight excluding hydrogens is 396 g/mol. The van der Waals surface area contributed by atoms with Gasteiger partial charge in [0.25, 0.3) is 0 Å². The molecule has 1 aliphatic rings. The Morgan fingerprint density at radius 2 is 1.77 bits per heavy atom. The summed E-state index contributed by atoms with van der Waals surface area (Å²) in [5, 5.41) is 0. The molecule has 7 nitrogen and oxygen atoms in total. The predicted octanol–water partition coefficient (Wildman–Crippen LogP) is 3.56. The van der Waals surface area contributed by atoms with Gasteiger partial charge in [0.05, 0.1) is 17.7 Å². The summed E-state index contributed by atoms with van der Waals surface area (Å²) in [5.41, 5.74) is 2.90. The molecule has 3 atom stereocenters. The second kappa shape index (κ2) is 8.88. The van der Waals surface area contributed by atoms with Crippen LogP contribution < -0.4 is 0 Å². The molecule has 0 aliphatic carbocycles. The van der Waals surface area contributed by atoms with Gasteiger partial charge in [-0.05, 0) is 45.7 Å². The summed E-state index contributed by atoms with van der Waals surface area (Å²) in [5.74, 6) is -1.83. The van der Waals surface area contributed by atoms with Crippen molar-refractivity contribution in [1.82, 2.24) is 9.88 Å². The van der Waals surface area contributed by atoms with Gasteiger partial charge in [-0.1, -0.05) is 30.3 Å². The number of Topliss-reactive ketones (excluding diaryl/α,β-unsaturated/α-hetero) is 2. The first-order valence-electron chi connectivity index (χ1n) is 10.4. The number of nitrogens with zero attached hydrogens (tertiary/aromatic N) is 1. The van der Waals surface area contributed by atoms with E-state index in [9.17, 15) is 19.2 Å². The molecule has 2 heterocycles. The normalized spacial score (nSPS) is 18.0. The Kier molecular flexibility index (Phi) is 6.43. The van der Waals surface area contributed by atoms with E-state index in [1.54, 1.807) is 18.7 Å². The fraction of sp³-hybridized carbons (Fsp3) is 0.417. The lowest BCUT2D eigenvalue weighted by Gasteiger charge is -2.25. The maximum Gasteiger partial charge on any atom is 0.311 e. The number of ether oxygens (including phenoxy) is 1. The van der Waals surface area contributed by atoms with Crippen LogP contribution in [0.4, 0.5) is 0 Å². The average molecular weight is 424 g/mol. The third-order valence-corrected chi connectivity index (χ3v) is 5.94. The Hall–Kier alpha value is -3.22. The Labute approximate surface area is 181 Å². The zero-order valence-corrected chi connectivity index (χ0v) is 18.5. The Morgan fingerprint density at radius 3 is 2.35 bits per heavy atom. The average Bonchev–Trinajstić information content (AvgIpc) is 3.26. The van der Waals surface area contributed by atoms with Crippen LogP contribution in [0.1, 0.15) is 70.9 Å². The molecule has 1 aromatic heterocycles. The van der Waals surface area contributed by atoms with E-state index in [1.807, 2.05) is 37.3 Å². The van der Waals surface area contributed by atoms with Crippen molar-refractivity contribution < 1.29 is 23.9 Å². The van der Waals surface area contributed by atoms with Crippen molar-refractivity contribution in [2.75, 3.05) is 6.54 Å². The molecule has 1 amide bonds. The maximum absolute atomic E-state index is 12.8. The Morgan fingerprint density at radius 1 is 1.13 bits per heavy atom. The molecule has 2 aromatic rings. The first-order chi connectivity index (χ1) is 14.6. The monoisotopic (exact) mass is 424 g/mol. The van der Waals surface area contributed by atoms with Crippen LogP contribution in [0.3, 0.4) is 0 Å². The molecule has 0 radical (unpaired) electrons. The van der Waals surface area contributed by atoms with E-state index in [-0.39, 0.29) is 36.4 Å². The zero-order chi connectivity index (χ0) is 22.9. The summed E-state index contributed by atoms with van der Waals surface area (Å²) < 4.78 is 5.42. The van der Waals surface area contributed by atoms with Crippen LogP contribution in [0.2, 0.25) is 0 Å². The van der Waals surface area contributed by atoms with Crippen LogP contribution in [-0.4, -0.2) is 46.0 Å². The molecular formula is C24H28N2O5. The topological polar surface area (TPSA) is 96.5 Å². The number of benzene rings is 1. The lowest BCUT2D eigenvalue weighted by Crippen LogP contribution is -2.32. The third-order valence-electron chi connectivity index (χ3n) is 5.94. The molecule has 164 valence electrons. The van der Waals surface area contributed by atoms with Crippen molar-refractivity contribution in [2.45, 2.75) is 53.2 Å². The molecule has 1 saturated heterocycles. The van der Waals surface area contributed by atoms with Crippen molar-refractivity contribution in [3.05, 3.63) is 58.4 Å². The van der Waals surface area contributed by atoms with E-state index in [4.69, 9.17) is 4.74 Å². The highest BCUT2D eigenvalue weighted by Crippen LogP contribution is 2.29. The van der Waals surface area contributed by atoms with Crippen LogP contribution in [0, 0.1) is 19.8 Å². The quantitative estimate of drug-likeness (QED) is 0.542. The second-order valence-corrected chi connectivity index (χ2v) is 8.16. The number of hydrogen-bond donors (Lipinski definition) is 1. The van der Waals surface area contributed by atoms with Crippen molar-refractivity contribution in [2.24, 2.45) is 5.92 Å². The van der Waals surface area contributed by atoms with Crippen LogP contribution in [0.5, 0.6) is 0 Å². The maximum atomic E-state index is 12.8. The Bertz CT molecular complexity index is 1020. The lowest BCUT2D eigenvalue weighted by molar-refractivity contribution is -0.151. The van der Waals surface area contributed by atoms with Gasteiger partial charge in [0, 0.05) is 24.2 Å². The molecule has 0 unspecified atom stereocenters. The van der Waals surface area contributed by atoms with Gasteiger partial charge in [-0.15, -0.1) is 0 Å². The number of carbonyl (C=O) groups excluding carboxylic acids is 4. The van der Waals surface area contributed by atoms with E-state index in [1.165, 1.54) is 13.8 Å². The molecule has 31 heavy (non-hydrogen) atoms. The third kappa shape index (κ3) is 4.45. The highest BCUT2D eigenvalue weighted by molar-refractivity contribution is 6.05. The second-order valence-electron chi connectivity index (χ2n) is 8.16. The lowest BCUT2D eigenvalue weighted by atomic mass is 10.0. The van der Waals surface area contributed by atoms with E-state index in [0.717, 1.165) is 5.56 Å². The summed E-state index contributed by atoms with van der Waals surface area (Å²) in [6.45, 7) is 8.55. The molecule has 0 spiro atoms. The first-order valence-corrected chi connectivity index (χ1v) is 10.4. The van der Waals surface area contributed by atoms with Gasteiger partial charge < -0.3 is 14.6 Å². The first kappa shape index (κ1) is 22.5. The van der Waals surface area contributed by atoms with Gasteiger partial charge in [-0.3, -0.25) is 19.2 Å². The minimum atomic E-state index is -1.03. The molecule has 1 aromatic carbocycles. The minimum Gasteiger partial charge on any atom is -0.454 e. The highest BCUT2D eigenvalue weighted by Gasteiger charge is 2.39. The summed E-state index contributed by atoms with van der Waals surface area (Å²) in [6, 6.07) is 9.47. The molecule has 0 bridgehead atoms. The molecule has 7 heteroatoms. The molecule has 1 N–H and O–H groups in total. The predicted molar refractivity (Wildman–Crippen MR) is 115 cm³/mol. The van der Waals surface area contributed by atoms with Gasteiger partial charge in [0.15, 0.2) is 11.9 Å². The van der Waals surface area contributed by atoms with E-state index < -0.39 is 23.8 Å². The van der Waals surface area contributed by atoms with Crippen molar-refractivity contribution in [3.8, 4) is 0 Å². The number of likely N-dealkylation sites (tertiary alicyclic amines) is 1. The number of esters is 1. The van der Waals surface area contributed by atoms with Gasteiger partial charge in [-0.25, -0.2) is 0 Å². The summed E-state index contributed by atoms with van der Waals surface area (Å²) in [7, 11) is 0. The number of aryl methyl sites for hydroxylation is 1. The number of amides is 1. The van der Waals surface area contributed by atoms with E-state index in [0.29, 0.717) is 16.8 Å². The minimum absolute atomic E-state index is 0.0615. The summed E-state index contributed by atoms with van der Waals surface area (Å²) in [6.07, 6.45) is -0.966. The molecule has 1 aliphatic heterocycles. The van der Waals surface area contributed by atoms with Crippen LogP contribution >= 0.6 is 0 Å². The molecule has 1 fully saturated rings. The summed E-state index contributed by atoms with van der Waals surface area (Å²) in [4.78, 5) is 54.4. The molecule has 0 saturated carbocycles. The number of carbonyl (C=O) groups is 4. The molecule has 3 rings (SSSR count). The summed E-state index contributed by atoms with van der Waals surface area (Å²) >= 11 is 0. The van der Waals surface area contributed by atoms with Gasteiger partial charge >= 0.3 is 5.97 Å². The van der Waals surface area contributed by atoms with E-state index >= 15 is 0 Å². The highest BCUT2D eigenvalue weighted by atomic mass is 16.5. The SMILES string of the molecule is CC(=O)c1c(C)[nH]c(C(=O)[C@@H](C)OC(=O)[C@H]2CC(=O)N([C@@H](C)c3ccccc3)C2)c1C. The fourth-order valence-electron chi connectivity index (χ4n) is 4.23. The van der Waals surface area contributed by atoms with Crippen molar-refractivity contribution >= 4 is 23.4 Å². The number of aromatic amines is 1. The number of nitrogens with one attached hydrogen (secondary N) is 1. The van der Waals surface area contributed by atoms with Crippen molar-refractivity contribution in [1.29, 1.82) is 0 Å². The fourth-order valence-corrected chi connectivity index (χ4v) is 4.23. The number of ketones is 2. The van der Waals surface area contributed by atoms with Crippen LogP contribution in [0.25, 0.3) is 0 Å². The Balaban J connectivity index is 1.66. The zero-order valence-electron chi connectivity index (χ0n) is 18.5. The van der Waals surface area contributed by atoms with Crippen LogP contribution in [0.15, 0.2) is 30.3 Å². The van der Waals surface area contributed by atoms with E-state index in [2.05, 4.69) is 4.98 Å². The smallest absolute Gasteiger partial charge is 0.311 e. The largest absolute Gasteiger partial charge is 0.454 e. The van der Waals surface area contributed by atoms with Gasteiger partial charge in [-0.2, -0.15) is 0 Å². The number of H-pyrrole nitrogens is 1. The van der Waals surface area contributed by atoms with Crippen molar-refractivity contribution in [3.63, 3.8) is 0 Å².